The van der Waals surface area contributed by atoms with E-state index in [1.54, 1.807) is 0 Å². The number of rotatable bonds is 3. The maximum absolute atomic E-state index is 8.28. The third kappa shape index (κ3) is 3.46. The second-order valence-electron chi connectivity index (χ2n) is 11.0. The first-order valence-electron chi connectivity index (χ1n) is 12.6. The maximum atomic E-state index is 8.28. The van der Waals surface area contributed by atoms with Crippen molar-refractivity contribution in [2.24, 2.45) is 50.2 Å². The molecule has 0 saturated heterocycles. The van der Waals surface area contributed by atoms with Crippen molar-refractivity contribution in [3.63, 3.8) is 0 Å². The average Bonchev–Trinajstić information content (AvgIpc) is 3.18. The van der Waals surface area contributed by atoms with Gasteiger partial charge in [0.15, 0.2) is 0 Å². The van der Waals surface area contributed by atoms with Gasteiger partial charge in [-0.2, -0.15) is 15.3 Å². The van der Waals surface area contributed by atoms with E-state index in [0.717, 1.165) is 55.4 Å². The summed E-state index contributed by atoms with van der Waals surface area (Å²) in [6.45, 7) is 0. The minimum absolute atomic E-state index is 0.0218. The average molecular weight is 435 g/mol. The molecular formula is C26H38N6. The Labute approximate surface area is 191 Å². The molecule has 172 valence electrons. The number of hydrogen-bond acceptors (Lipinski definition) is 6. The topological polar surface area (TPSA) is 113 Å². The molecule has 4 aliphatic rings. The van der Waals surface area contributed by atoms with Gasteiger partial charge in [0.2, 0.25) is 0 Å². The van der Waals surface area contributed by atoms with Gasteiger partial charge in [-0.15, -0.1) is 0 Å². The molecule has 0 radical (unpaired) electrons. The van der Waals surface area contributed by atoms with Crippen LogP contribution < -0.4 is 11.7 Å². The molecule has 4 fully saturated rings. The summed E-state index contributed by atoms with van der Waals surface area (Å²) in [6.07, 6.45) is 14.3. The molecule has 6 heteroatoms. The quantitative estimate of drug-likeness (QED) is 0.320. The van der Waals surface area contributed by atoms with E-state index in [9.17, 15) is 0 Å². The van der Waals surface area contributed by atoms with Crippen molar-refractivity contribution in [1.29, 1.82) is 5.53 Å². The van der Waals surface area contributed by atoms with Crippen LogP contribution in [0.5, 0.6) is 0 Å². The molecule has 0 heterocycles. The van der Waals surface area contributed by atoms with Gasteiger partial charge >= 0.3 is 0 Å². The first-order valence-corrected chi connectivity index (χ1v) is 12.6. The summed E-state index contributed by atoms with van der Waals surface area (Å²) < 4.78 is 0. The van der Waals surface area contributed by atoms with E-state index in [-0.39, 0.29) is 16.9 Å². The van der Waals surface area contributed by atoms with Crippen LogP contribution in [0, 0.1) is 28.7 Å². The molecule has 32 heavy (non-hydrogen) atoms. The van der Waals surface area contributed by atoms with E-state index in [4.69, 9.17) is 17.2 Å². The first-order chi connectivity index (χ1) is 15.6. The molecule has 1 aromatic rings. The first kappa shape index (κ1) is 21.6. The number of nitrogens with one attached hydrogen (secondary N) is 1. The summed E-state index contributed by atoms with van der Waals surface area (Å²) in [6, 6.07) is 10.6. The van der Waals surface area contributed by atoms with Gasteiger partial charge in [0.25, 0.3) is 0 Å². The summed E-state index contributed by atoms with van der Waals surface area (Å²) >= 11 is 0. The fourth-order valence-electron chi connectivity index (χ4n) is 8.02. The van der Waals surface area contributed by atoms with Crippen LogP contribution >= 0.6 is 0 Å². The van der Waals surface area contributed by atoms with Crippen LogP contribution in [-0.2, 0) is 0 Å². The van der Waals surface area contributed by atoms with Crippen molar-refractivity contribution < 1.29 is 0 Å². The minimum atomic E-state index is -0.183. The fourth-order valence-corrected chi connectivity index (χ4v) is 8.02. The second-order valence-corrected chi connectivity index (χ2v) is 11.0. The van der Waals surface area contributed by atoms with Crippen LogP contribution in [0.3, 0.4) is 0 Å². The van der Waals surface area contributed by atoms with Crippen LogP contribution in [0.15, 0.2) is 45.6 Å². The van der Waals surface area contributed by atoms with Crippen molar-refractivity contribution in [1.82, 2.24) is 0 Å². The molecule has 4 aliphatic carbocycles. The standard InChI is InChI=1S/C26H38N6/c27-30-22-17-25(23(24(22)31-28)19-7-2-1-3-8-19)12-14-26(32-29,15-13-25)21-11-10-18-6-4-5-9-20(18)16-21/h1-3,7-8,18,20-21,23,29H,4-6,9-17,27-28H2. The number of nitrogens with zero attached hydrogens (tertiary/aromatic N) is 3. The van der Waals surface area contributed by atoms with E-state index in [1.165, 1.54) is 50.5 Å². The van der Waals surface area contributed by atoms with Crippen molar-refractivity contribution in [3.8, 4) is 0 Å². The Morgan fingerprint density at radius 1 is 0.844 bits per heavy atom. The predicted octanol–water partition coefficient (Wildman–Crippen LogP) is 5.74. The lowest BCUT2D eigenvalue weighted by molar-refractivity contribution is 0.0345. The highest BCUT2D eigenvalue weighted by Crippen LogP contribution is 2.60. The van der Waals surface area contributed by atoms with Crippen molar-refractivity contribution >= 4 is 11.4 Å². The zero-order chi connectivity index (χ0) is 22.2. The van der Waals surface area contributed by atoms with Crippen molar-refractivity contribution in [2.75, 3.05) is 0 Å². The van der Waals surface area contributed by atoms with Gasteiger partial charge in [0, 0.05) is 5.92 Å². The second kappa shape index (κ2) is 8.60. The van der Waals surface area contributed by atoms with Gasteiger partial charge < -0.3 is 11.7 Å². The van der Waals surface area contributed by atoms with Crippen LogP contribution in [0.4, 0.5) is 0 Å². The van der Waals surface area contributed by atoms with Gasteiger partial charge in [-0.25, -0.2) is 5.53 Å². The fraction of sp³-hybridized carbons (Fsp3) is 0.692. The zero-order valence-electron chi connectivity index (χ0n) is 19.2. The summed E-state index contributed by atoms with van der Waals surface area (Å²) in [5.41, 5.74) is 11.0. The highest BCUT2D eigenvalue weighted by molar-refractivity contribution is 6.46. The molecule has 4 unspecified atom stereocenters. The highest BCUT2D eigenvalue weighted by Gasteiger charge is 2.56. The maximum Gasteiger partial charge on any atom is 0.0913 e. The molecule has 0 bridgehead atoms. The molecule has 0 amide bonds. The largest absolute Gasteiger partial charge is 0.323 e. The molecule has 0 aromatic heterocycles. The van der Waals surface area contributed by atoms with Gasteiger partial charge in [0.1, 0.15) is 0 Å². The summed E-state index contributed by atoms with van der Waals surface area (Å²) in [5, 5.41) is 12.7. The van der Waals surface area contributed by atoms with Gasteiger partial charge in [0.05, 0.1) is 17.0 Å². The molecule has 5 rings (SSSR count). The molecular weight excluding hydrogens is 396 g/mol. The molecule has 1 aromatic carbocycles. The van der Waals surface area contributed by atoms with Crippen LogP contribution in [0.1, 0.15) is 88.5 Å². The molecule has 4 atom stereocenters. The summed E-state index contributed by atoms with van der Waals surface area (Å²) in [4.78, 5) is 0. The van der Waals surface area contributed by atoms with Crippen molar-refractivity contribution in [2.45, 2.75) is 88.5 Å². The van der Waals surface area contributed by atoms with E-state index in [1.807, 2.05) is 0 Å². The summed E-state index contributed by atoms with van der Waals surface area (Å²) in [5.74, 6) is 14.2. The lowest BCUT2D eigenvalue weighted by Crippen LogP contribution is -2.47. The Hall–Kier alpha value is -2.24. The van der Waals surface area contributed by atoms with Crippen LogP contribution in [0.25, 0.3) is 0 Å². The van der Waals surface area contributed by atoms with E-state index < -0.39 is 0 Å². The summed E-state index contributed by atoms with van der Waals surface area (Å²) in [7, 11) is 0. The Kier molecular flexibility index (Phi) is 5.81. The van der Waals surface area contributed by atoms with Crippen LogP contribution in [0.2, 0.25) is 0 Å². The third-order valence-electron chi connectivity index (χ3n) is 9.76. The van der Waals surface area contributed by atoms with E-state index in [2.05, 4.69) is 45.6 Å². The van der Waals surface area contributed by atoms with Gasteiger partial charge in [-0.05, 0) is 80.1 Å². The smallest absolute Gasteiger partial charge is 0.0913 e. The molecule has 4 saturated carbocycles. The lowest BCUT2D eigenvalue weighted by Gasteiger charge is -2.51. The Balaban J connectivity index is 1.40. The Morgan fingerprint density at radius 3 is 2.22 bits per heavy atom. The predicted molar refractivity (Wildman–Crippen MR) is 129 cm³/mol. The Bertz CT molecular complexity index is 883. The van der Waals surface area contributed by atoms with Gasteiger partial charge in [-0.1, -0.05) is 56.0 Å². The number of nitrogens with two attached hydrogens (primary N) is 2. The van der Waals surface area contributed by atoms with E-state index >= 15 is 0 Å². The lowest BCUT2D eigenvalue weighted by atomic mass is 9.55. The van der Waals surface area contributed by atoms with Crippen LogP contribution in [-0.4, -0.2) is 17.0 Å². The molecule has 5 N–H and O–H groups in total. The molecule has 6 nitrogen and oxygen atoms in total. The number of hydrogen-bond donors (Lipinski definition) is 3. The normalized spacial score (nSPS) is 42.2. The van der Waals surface area contributed by atoms with Crippen molar-refractivity contribution in [3.05, 3.63) is 35.9 Å². The van der Waals surface area contributed by atoms with Gasteiger partial charge in [-0.3, -0.25) is 0 Å². The number of benzene rings is 1. The Morgan fingerprint density at radius 2 is 1.56 bits per heavy atom. The van der Waals surface area contributed by atoms with E-state index in [0.29, 0.717) is 5.92 Å². The third-order valence-corrected chi connectivity index (χ3v) is 9.76. The highest BCUT2D eigenvalue weighted by atomic mass is 15.2. The minimum Gasteiger partial charge on any atom is -0.323 e. The monoisotopic (exact) mass is 434 g/mol. The number of fused-ring (bicyclic) bond motifs is 1. The molecule has 1 spiro atoms. The SMILES string of the molecule is N=NC1(C2CCC3CCCCC3C2)CCC2(CC1)CC(=NN)C(=NN)C2c1ccccc1. The zero-order valence-corrected chi connectivity index (χ0v) is 19.2. The number of hydrazone groups is 2. The molecule has 0 aliphatic heterocycles.